The highest BCUT2D eigenvalue weighted by Crippen LogP contribution is 2.22. The summed E-state index contributed by atoms with van der Waals surface area (Å²) in [5, 5.41) is 4.13. The molecular weight excluding hydrogens is 230 g/mol. The molecule has 1 aromatic rings. The monoisotopic (exact) mass is 249 g/mol. The molecule has 98 valence electrons. The van der Waals surface area contributed by atoms with Gasteiger partial charge in [-0.2, -0.15) is 5.10 Å². The van der Waals surface area contributed by atoms with E-state index < -0.39 is 5.60 Å². The van der Waals surface area contributed by atoms with Crippen LogP contribution in [0.15, 0.2) is 18.5 Å². The minimum atomic E-state index is -0.450. The first-order valence-electron chi connectivity index (χ1n) is 6.01. The van der Waals surface area contributed by atoms with Crippen LogP contribution >= 0.6 is 0 Å². The van der Waals surface area contributed by atoms with Crippen LogP contribution in [0.5, 0.6) is 0 Å². The van der Waals surface area contributed by atoms with E-state index in [4.69, 9.17) is 4.74 Å². The Morgan fingerprint density at radius 3 is 2.72 bits per heavy atom. The summed E-state index contributed by atoms with van der Waals surface area (Å²) in [5.41, 5.74) is 1.73. The molecule has 0 fully saturated rings. The number of aromatic nitrogens is 2. The zero-order valence-corrected chi connectivity index (χ0v) is 11.3. The summed E-state index contributed by atoms with van der Waals surface area (Å²) in [5.74, 6) is 0. The van der Waals surface area contributed by atoms with Crippen molar-refractivity contribution in [1.82, 2.24) is 14.7 Å². The zero-order valence-electron chi connectivity index (χ0n) is 11.3. The van der Waals surface area contributed by atoms with Crippen molar-refractivity contribution in [2.75, 3.05) is 13.1 Å². The molecule has 0 aromatic carbocycles. The molecule has 1 aliphatic heterocycles. The smallest absolute Gasteiger partial charge is 0.410 e. The van der Waals surface area contributed by atoms with Gasteiger partial charge in [0.2, 0.25) is 0 Å². The van der Waals surface area contributed by atoms with Gasteiger partial charge < -0.3 is 9.64 Å². The summed E-state index contributed by atoms with van der Waals surface area (Å²) < 4.78 is 7.10. The third kappa shape index (κ3) is 2.91. The third-order valence-electron chi connectivity index (χ3n) is 2.65. The quantitative estimate of drug-likeness (QED) is 0.765. The van der Waals surface area contributed by atoms with Crippen LogP contribution in [-0.2, 0) is 11.8 Å². The topological polar surface area (TPSA) is 47.4 Å². The minimum absolute atomic E-state index is 0.266. The summed E-state index contributed by atoms with van der Waals surface area (Å²) in [7, 11) is 1.88. The number of rotatable bonds is 1. The molecule has 1 aliphatic rings. The number of carbonyl (C=O) groups excluding carboxylic acids is 1. The lowest BCUT2D eigenvalue weighted by Gasteiger charge is -2.24. The highest BCUT2D eigenvalue weighted by Gasteiger charge is 2.25. The minimum Gasteiger partial charge on any atom is -0.444 e. The van der Waals surface area contributed by atoms with Gasteiger partial charge in [0.15, 0.2) is 0 Å². The number of nitrogens with zero attached hydrogens (tertiary/aromatic N) is 3. The fourth-order valence-corrected chi connectivity index (χ4v) is 1.82. The number of carbonyl (C=O) groups is 1. The second-order valence-corrected chi connectivity index (χ2v) is 5.49. The Hall–Kier alpha value is -1.78. The lowest BCUT2D eigenvalue weighted by Crippen LogP contribution is -2.35. The molecule has 0 unspecified atom stereocenters. The van der Waals surface area contributed by atoms with E-state index in [1.165, 1.54) is 0 Å². The van der Waals surface area contributed by atoms with Crippen LogP contribution in [0.1, 0.15) is 26.3 Å². The molecule has 0 saturated heterocycles. The van der Waals surface area contributed by atoms with Gasteiger partial charge in [-0.3, -0.25) is 4.68 Å². The van der Waals surface area contributed by atoms with Crippen molar-refractivity contribution in [3.8, 4) is 0 Å². The normalized spacial score (nSPS) is 15.8. The van der Waals surface area contributed by atoms with Gasteiger partial charge in [-0.1, -0.05) is 6.08 Å². The van der Waals surface area contributed by atoms with E-state index in [0.717, 1.165) is 11.1 Å². The lowest BCUT2D eigenvalue weighted by atomic mass is 10.1. The van der Waals surface area contributed by atoms with Gasteiger partial charge in [0.05, 0.1) is 6.20 Å². The van der Waals surface area contributed by atoms with Crippen LogP contribution in [-0.4, -0.2) is 39.5 Å². The van der Waals surface area contributed by atoms with Crippen molar-refractivity contribution >= 4 is 11.7 Å². The Labute approximate surface area is 107 Å². The van der Waals surface area contributed by atoms with Gasteiger partial charge in [0.1, 0.15) is 5.60 Å². The van der Waals surface area contributed by atoms with Gasteiger partial charge in [-0.15, -0.1) is 0 Å². The fraction of sp³-hybridized carbons (Fsp3) is 0.538. The van der Waals surface area contributed by atoms with E-state index >= 15 is 0 Å². The van der Waals surface area contributed by atoms with Crippen molar-refractivity contribution < 1.29 is 9.53 Å². The number of amides is 1. The van der Waals surface area contributed by atoms with Crippen molar-refractivity contribution in [1.29, 1.82) is 0 Å². The first-order valence-corrected chi connectivity index (χ1v) is 6.01. The average Bonchev–Trinajstić information content (AvgIpc) is 2.82. The molecule has 0 bridgehead atoms. The molecule has 1 aromatic heterocycles. The predicted octanol–water partition coefficient (Wildman–Crippen LogP) is 2.05. The van der Waals surface area contributed by atoms with Crippen molar-refractivity contribution in [2.24, 2.45) is 7.05 Å². The van der Waals surface area contributed by atoms with Gasteiger partial charge in [0.25, 0.3) is 0 Å². The molecule has 0 saturated carbocycles. The van der Waals surface area contributed by atoms with Crippen LogP contribution in [0.3, 0.4) is 0 Å². The number of aryl methyl sites for hydroxylation is 1. The van der Waals surface area contributed by atoms with Gasteiger partial charge in [-0.05, 0) is 26.3 Å². The summed E-state index contributed by atoms with van der Waals surface area (Å²) in [6, 6.07) is 0. The summed E-state index contributed by atoms with van der Waals surface area (Å²) >= 11 is 0. The zero-order chi connectivity index (χ0) is 13.3. The number of ether oxygens (including phenoxy) is 1. The standard InChI is InChI=1S/C13H19N3O2/c1-13(2,3)18-12(17)16-6-5-10(9-16)11-7-14-15(4)8-11/h5,7-8H,6,9H2,1-4H3. The Balaban J connectivity index is 1.97. The van der Waals surface area contributed by atoms with Crippen molar-refractivity contribution in [2.45, 2.75) is 26.4 Å². The van der Waals surface area contributed by atoms with Gasteiger partial charge in [0, 0.05) is 31.9 Å². The molecule has 0 aliphatic carbocycles. The van der Waals surface area contributed by atoms with E-state index in [9.17, 15) is 4.79 Å². The molecule has 0 N–H and O–H groups in total. The maximum absolute atomic E-state index is 11.9. The Kier molecular flexibility index (Phi) is 3.15. The third-order valence-corrected chi connectivity index (χ3v) is 2.65. The molecule has 18 heavy (non-hydrogen) atoms. The molecule has 5 nitrogen and oxygen atoms in total. The maximum Gasteiger partial charge on any atom is 0.410 e. The molecule has 2 heterocycles. The molecule has 2 rings (SSSR count). The Morgan fingerprint density at radius 1 is 1.44 bits per heavy atom. The lowest BCUT2D eigenvalue weighted by molar-refractivity contribution is 0.0306. The van der Waals surface area contributed by atoms with Crippen LogP contribution < -0.4 is 0 Å². The molecule has 0 spiro atoms. The van der Waals surface area contributed by atoms with Crippen molar-refractivity contribution in [3.05, 3.63) is 24.0 Å². The number of hydrogen-bond acceptors (Lipinski definition) is 3. The van der Waals surface area contributed by atoms with E-state index in [1.807, 2.05) is 46.3 Å². The SMILES string of the molecule is Cn1cc(C2=CCN(C(=O)OC(C)(C)C)C2)cn1. The second-order valence-electron chi connectivity index (χ2n) is 5.49. The van der Waals surface area contributed by atoms with Crippen molar-refractivity contribution in [3.63, 3.8) is 0 Å². The van der Waals surface area contributed by atoms with E-state index in [2.05, 4.69) is 5.10 Å². The summed E-state index contributed by atoms with van der Waals surface area (Å²) in [6.45, 7) is 6.79. The van der Waals surface area contributed by atoms with E-state index in [0.29, 0.717) is 13.1 Å². The highest BCUT2D eigenvalue weighted by molar-refractivity contribution is 5.77. The molecular formula is C13H19N3O2. The van der Waals surface area contributed by atoms with Crippen LogP contribution in [0.2, 0.25) is 0 Å². The first kappa shape index (κ1) is 12.7. The van der Waals surface area contributed by atoms with Crippen LogP contribution in [0.25, 0.3) is 5.57 Å². The summed E-state index contributed by atoms with van der Waals surface area (Å²) in [6.07, 6.45) is 5.54. The molecule has 0 atom stereocenters. The number of hydrogen-bond donors (Lipinski definition) is 0. The van der Waals surface area contributed by atoms with Gasteiger partial charge >= 0.3 is 6.09 Å². The second kappa shape index (κ2) is 4.48. The largest absolute Gasteiger partial charge is 0.444 e. The van der Waals surface area contributed by atoms with Gasteiger partial charge in [-0.25, -0.2) is 4.79 Å². The maximum atomic E-state index is 11.9. The van der Waals surface area contributed by atoms with E-state index in [-0.39, 0.29) is 6.09 Å². The molecule has 1 amide bonds. The average molecular weight is 249 g/mol. The van der Waals surface area contributed by atoms with Crippen LogP contribution in [0, 0.1) is 0 Å². The summed E-state index contributed by atoms with van der Waals surface area (Å²) in [4.78, 5) is 13.6. The first-order chi connectivity index (χ1) is 8.35. The Bertz CT molecular complexity index is 483. The highest BCUT2D eigenvalue weighted by atomic mass is 16.6. The Morgan fingerprint density at radius 2 is 2.17 bits per heavy atom. The predicted molar refractivity (Wildman–Crippen MR) is 69.0 cm³/mol. The molecule has 5 heteroatoms. The van der Waals surface area contributed by atoms with Crippen LogP contribution in [0.4, 0.5) is 4.79 Å². The molecule has 0 radical (unpaired) electrons. The van der Waals surface area contributed by atoms with E-state index in [1.54, 1.807) is 9.58 Å². The fourth-order valence-electron chi connectivity index (χ4n) is 1.82.